The van der Waals surface area contributed by atoms with Crippen LogP contribution in [-0.4, -0.2) is 42.6 Å². The fourth-order valence-corrected chi connectivity index (χ4v) is 4.31. The Morgan fingerprint density at radius 3 is 2.86 bits per heavy atom. The molecule has 35 heavy (non-hydrogen) atoms. The van der Waals surface area contributed by atoms with E-state index >= 15 is 0 Å². The van der Waals surface area contributed by atoms with Crippen molar-refractivity contribution in [3.05, 3.63) is 89.5 Å². The van der Waals surface area contributed by atoms with Crippen LogP contribution in [0.4, 0.5) is 4.39 Å². The molecule has 5 rings (SSSR count). The maximum Gasteiger partial charge on any atom is 0.225 e. The molecule has 3 heterocycles. The molecule has 1 N–H and O–H groups in total. The van der Waals surface area contributed by atoms with Crippen LogP contribution in [0.1, 0.15) is 22.4 Å². The van der Waals surface area contributed by atoms with Crippen molar-refractivity contribution in [2.75, 3.05) is 6.54 Å². The van der Waals surface area contributed by atoms with E-state index in [0.717, 1.165) is 27.9 Å². The molecule has 2 aromatic carbocycles. The lowest BCUT2D eigenvalue weighted by molar-refractivity contribution is 0.324. The summed E-state index contributed by atoms with van der Waals surface area (Å²) in [7, 11) is 0. The first-order chi connectivity index (χ1) is 17.1. The molecule has 0 aliphatic carbocycles. The molecule has 0 radical (unpaired) electrons. The van der Waals surface area contributed by atoms with Crippen LogP contribution in [0, 0.1) is 12.3 Å². The summed E-state index contributed by atoms with van der Waals surface area (Å²) in [5.41, 5.74) is 6.04. The van der Waals surface area contributed by atoms with Gasteiger partial charge in [-0.2, -0.15) is 0 Å². The smallest absolute Gasteiger partial charge is 0.225 e. The van der Waals surface area contributed by atoms with Gasteiger partial charge in [0, 0.05) is 23.9 Å². The maximum absolute atomic E-state index is 13.5. The van der Waals surface area contributed by atoms with E-state index in [9.17, 15) is 4.39 Å². The first-order valence-electron chi connectivity index (χ1n) is 11.2. The number of allylic oxidation sites excluding steroid dienone is 3. The number of hydrogen-bond acceptors (Lipinski definition) is 7. The number of halogens is 1. The molecule has 8 nitrogen and oxygen atoms in total. The van der Waals surface area contributed by atoms with Gasteiger partial charge in [0.25, 0.3) is 0 Å². The minimum absolute atomic E-state index is 0.430. The highest BCUT2D eigenvalue weighted by atomic mass is 19.1. The molecule has 0 atom stereocenters. The maximum atomic E-state index is 13.5. The monoisotopic (exact) mass is 469 g/mol. The second kappa shape index (κ2) is 9.46. The van der Waals surface area contributed by atoms with Gasteiger partial charge in [0.1, 0.15) is 24.3 Å². The number of aryl methyl sites for hydroxylation is 1. The second-order valence-corrected chi connectivity index (χ2v) is 8.23. The average Bonchev–Trinajstić information content (AvgIpc) is 3.32. The van der Waals surface area contributed by atoms with Gasteiger partial charge in [-0.1, -0.05) is 35.6 Å². The second-order valence-electron chi connectivity index (χ2n) is 8.23. The molecule has 176 valence electrons. The lowest BCUT2D eigenvalue weighted by Crippen LogP contribution is -2.32. The van der Waals surface area contributed by atoms with Crippen LogP contribution < -0.4 is 4.74 Å². The molecular formula is C26H24FN7O. The highest BCUT2D eigenvalue weighted by molar-refractivity contribution is 5.89. The number of alkyl halides is 1. The van der Waals surface area contributed by atoms with Crippen LogP contribution >= 0.6 is 0 Å². The molecular weight excluding hydrogens is 445 g/mol. The largest absolute Gasteiger partial charge is 0.438 e. The number of benzene rings is 2. The summed E-state index contributed by atoms with van der Waals surface area (Å²) in [6.45, 7) is 6.32. The van der Waals surface area contributed by atoms with Crippen LogP contribution in [0.15, 0.2) is 67.1 Å². The van der Waals surface area contributed by atoms with Gasteiger partial charge in [-0.25, -0.2) is 19.0 Å². The molecule has 0 fully saturated rings. The molecule has 9 heteroatoms. The van der Waals surface area contributed by atoms with Crippen LogP contribution in [-0.2, 0) is 19.6 Å². The SMILES string of the molecule is C=C/C(=C(\C=N)N1CCc2c(ncnc2Oc2ccc(C)cc2CF)C1)n1nnc2ccccc21. The van der Waals surface area contributed by atoms with Crippen molar-refractivity contribution in [2.24, 2.45) is 0 Å². The summed E-state index contributed by atoms with van der Waals surface area (Å²) in [5.74, 6) is 0.883. The van der Waals surface area contributed by atoms with Crippen molar-refractivity contribution in [3.8, 4) is 11.6 Å². The fourth-order valence-electron chi connectivity index (χ4n) is 4.31. The van der Waals surface area contributed by atoms with Gasteiger partial charge >= 0.3 is 0 Å². The summed E-state index contributed by atoms with van der Waals surface area (Å²) in [6.07, 6.45) is 5.04. The predicted octanol–water partition coefficient (Wildman–Crippen LogP) is 4.85. The summed E-state index contributed by atoms with van der Waals surface area (Å²) < 4.78 is 21.3. The summed E-state index contributed by atoms with van der Waals surface area (Å²) in [4.78, 5) is 10.9. The normalized spacial score (nSPS) is 13.8. The van der Waals surface area contributed by atoms with E-state index in [0.29, 0.717) is 48.1 Å². The first-order valence-corrected chi connectivity index (χ1v) is 11.2. The number of aromatic nitrogens is 5. The number of para-hydroxylation sites is 1. The Morgan fingerprint density at radius 2 is 2.06 bits per heavy atom. The van der Waals surface area contributed by atoms with E-state index in [1.165, 1.54) is 12.5 Å². The quantitative estimate of drug-likeness (QED) is 0.307. The van der Waals surface area contributed by atoms with E-state index in [1.54, 1.807) is 22.9 Å². The topological polar surface area (TPSA) is 92.8 Å². The van der Waals surface area contributed by atoms with Crippen LogP contribution in [0.3, 0.4) is 0 Å². The van der Waals surface area contributed by atoms with Crippen molar-refractivity contribution < 1.29 is 9.13 Å². The van der Waals surface area contributed by atoms with Gasteiger partial charge in [0.15, 0.2) is 0 Å². The first kappa shape index (κ1) is 22.4. The molecule has 0 bridgehead atoms. The van der Waals surface area contributed by atoms with Crippen molar-refractivity contribution in [1.82, 2.24) is 29.9 Å². The van der Waals surface area contributed by atoms with E-state index in [-0.39, 0.29) is 0 Å². The Bertz CT molecular complexity index is 1460. The Labute approximate surface area is 201 Å². The number of nitrogens with zero attached hydrogens (tertiary/aromatic N) is 6. The molecule has 2 aromatic heterocycles. The lowest BCUT2D eigenvalue weighted by atomic mass is 10.0. The van der Waals surface area contributed by atoms with E-state index < -0.39 is 6.67 Å². The molecule has 0 spiro atoms. The number of nitrogens with one attached hydrogen (secondary N) is 1. The number of rotatable bonds is 7. The molecule has 1 aliphatic rings. The van der Waals surface area contributed by atoms with Gasteiger partial charge in [-0.15, -0.1) is 5.10 Å². The third-order valence-electron chi connectivity index (χ3n) is 6.05. The number of ether oxygens (including phenoxy) is 1. The van der Waals surface area contributed by atoms with Gasteiger partial charge < -0.3 is 15.0 Å². The van der Waals surface area contributed by atoms with Crippen LogP contribution in [0.25, 0.3) is 16.7 Å². The minimum Gasteiger partial charge on any atom is -0.438 e. The summed E-state index contributed by atoms with van der Waals surface area (Å²) in [6, 6.07) is 13.1. The third kappa shape index (κ3) is 4.16. The summed E-state index contributed by atoms with van der Waals surface area (Å²) >= 11 is 0. The highest BCUT2D eigenvalue weighted by Crippen LogP contribution is 2.32. The lowest BCUT2D eigenvalue weighted by Gasteiger charge is -2.31. The van der Waals surface area contributed by atoms with Crippen molar-refractivity contribution in [2.45, 2.75) is 26.6 Å². The van der Waals surface area contributed by atoms with Crippen LogP contribution in [0.5, 0.6) is 11.6 Å². The molecule has 0 amide bonds. The van der Waals surface area contributed by atoms with Crippen LogP contribution in [0.2, 0.25) is 0 Å². The Hall–Kier alpha value is -4.40. The Balaban J connectivity index is 1.48. The van der Waals surface area contributed by atoms with Crippen molar-refractivity contribution >= 4 is 22.9 Å². The highest BCUT2D eigenvalue weighted by Gasteiger charge is 2.25. The standard InChI is InChI=1S/C26H24FN7O/c1-3-22(34-23-7-5-4-6-20(23)31-32-34)24(14-28)33-11-10-19-21(15-33)29-16-30-26(19)35-25-9-8-17(2)12-18(25)13-27/h3-9,12,14,16,28H,1,10-11,13,15H2,2H3/b24-22-,28-14?. The Morgan fingerprint density at radius 1 is 1.20 bits per heavy atom. The number of hydrogen-bond donors (Lipinski definition) is 1. The zero-order chi connectivity index (χ0) is 24.4. The van der Waals surface area contributed by atoms with Gasteiger partial charge in [-0.3, -0.25) is 0 Å². The molecule has 0 saturated heterocycles. The molecule has 4 aromatic rings. The summed E-state index contributed by atoms with van der Waals surface area (Å²) in [5, 5.41) is 16.7. The average molecular weight is 470 g/mol. The zero-order valence-electron chi connectivity index (χ0n) is 19.3. The molecule has 0 saturated carbocycles. The van der Waals surface area contributed by atoms with Crippen molar-refractivity contribution in [3.63, 3.8) is 0 Å². The van der Waals surface area contributed by atoms with Gasteiger partial charge in [0.05, 0.1) is 29.1 Å². The molecule has 1 aliphatic heterocycles. The van der Waals surface area contributed by atoms with Gasteiger partial charge in [-0.05, 0) is 43.7 Å². The van der Waals surface area contributed by atoms with E-state index in [1.807, 2.05) is 37.3 Å². The van der Waals surface area contributed by atoms with E-state index in [4.69, 9.17) is 10.1 Å². The van der Waals surface area contributed by atoms with E-state index in [2.05, 4.69) is 31.8 Å². The third-order valence-corrected chi connectivity index (χ3v) is 6.05. The fraction of sp³-hybridized carbons (Fsp3) is 0.192. The van der Waals surface area contributed by atoms with Crippen molar-refractivity contribution in [1.29, 1.82) is 5.41 Å². The van der Waals surface area contributed by atoms with Gasteiger partial charge in [0.2, 0.25) is 5.88 Å². The minimum atomic E-state index is -0.618. The number of fused-ring (bicyclic) bond motifs is 2. The Kier molecular flexibility index (Phi) is 6.05. The predicted molar refractivity (Wildman–Crippen MR) is 132 cm³/mol. The molecule has 0 unspecified atom stereocenters. The zero-order valence-corrected chi connectivity index (χ0v) is 19.3.